The SMILES string of the molecule is C=CC[CH-]CC.C[C@@H]1CC2CC3CCCC3CC2C1[Si](C)(C)[N-]C(C)(C)C.[CH3-].[Ti+3]. The maximum Gasteiger partial charge on any atom is 3.00 e. The van der Waals surface area contributed by atoms with E-state index in [1.807, 2.05) is 6.08 Å². The maximum atomic E-state index is 5.39. The van der Waals surface area contributed by atoms with Crippen LogP contribution >= 0.6 is 0 Å². The summed E-state index contributed by atoms with van der Waals surface area (Å²) in [4.78, 5) is 5.39. The Labute approximate surface area is 200 Å². The Hall–Kier alpha value is 0.631. The molecule has 3 heteroatoms. The zero-order valence-corrected chi connectivity index (χ0v) is 23.5. The fourth-order valence-corrected chi connectivity index (χ4v) is 11.9. The number of allylic oxidation sites excluding steroid dienone is 1. The number of hydrogen-bond acceptors (Lipinski definition) is 0. The monoisotopic (exact) mass is 452 g/mol. The van der Waals surface area contributed by atoms with Crippen LogP contribution < -0.4 is 0 Å². The topological polar surface area (TPSA) is 14.1 Å². The molecule has 1 nitrogen and oxygen atoms in total. The first-order valence-electron chi connectivity index (χ1n) is 11.8. The molecule has 0 saturated heterocycles. The van der Waals surface area contributed by atoms with Gasteiger partial charge in [-0.1, -0.05) is 80.8 Å². The van der Waals surface area contributed by atoms with Crippen molar-refractivity contribution in [3.63, 3.8) is 0 Å². The van der Waals surface area contributed by atoms with E-state index in [1.165, 1.54) is 19.3 Å². The molecule has 0 aliphatic heterocycles. The zero-order chi connectivity index (χ0) is 20.2. The van der Waals surface area contributed by atoms with Gasteiger partial charge in [0.25, 0.3) is 0 Å². The number of rotatable bonds is 5. The fourth-order valence-electron chi connectivity index (χ4n) is 7.04. The predicted molar refractivity (Wildman–Crippen MR) is 131 cm³/mol. The molecular weight excluding hydrogens is 402 g/mol. The Kier molecular flexibility index (Phi) is 12.9. The molecule has 0 amide bonds. The molecule has 0 heterocycles. The van der Waals surface area contributed by atoms with Crippen LogP contribution in [0.2, 0.25) is 18.6 Å². The first kappa shape index (κ1) is 29.6. The minimum Gasteiger partial charge on any atom is -0.660 e. The Balaban J connectivity index is 0.000000866. The van der Waals surface area contributed by atoms with Crippen LogP contribution in [0, 0.1) is 43.4 Å². The van der Waals surface area contributed by atoms with Crippen LogP contribution in [0.15, 0.2) is 12.7 Å². The molecule has 3 rings (SSSR count). The molecule has 5 unspecified atom stereocenters. The average molecular weight is 453 g/mol. The second kappa shape index (κ2) is 12.6. The van der Waals surface area contributed by atoms with Crippen molar-refractivity contribution in [2.24, 2.45) is 29.6 Å². The predicted octanol–water partition coefficient (Wildman–Crippen LogP) is 8.84. The van der Waals surface area contributed by atoms with Crippen molar-refractivity contribution in [3.8, 4) is 0 Å². The van der Waals surface area contributed by atoms with Gasteiger partial charge < -0.3 is 18.8 Å². The van der Waals surface area contributed by atoms with Gasteiger partial charge in [0.2, 0.25) is 0 Å². The molecule has 0 spiro atoms. The van der Waals surface area contributed by atoms with Crippen LogP contribution in [0.4, 0.5) is 0 Å². The molecule has 3 aliphatic rings. The van der Waals surface area contributed by atoms with Gasteiger partial charge in [0, 0.05) is 0 Å². The van der Waals surface area contributed by atoms with E-state index < -0.39 is 8.24 Å². The summed E-state index contributed by atoms with van der Waals surface area (Å²) in [5.74, 6) is 5.17. The molecule has 0 aromatic heterocycles. The van der Waals surface area contributed by atoms with E-state index in [9.17, 15) is 0 Å². The third-order valence-corrected chi connectivity index (χ3v) is 11.3. The summed E-state index contributed by atoms with van der Waals surface area (Å²) >= 11 is 0. The minimum atomic E-state index is -1.50. The van der Waals surface area contributed by atoms with Crippen LogP contribution in [-0.2, 0) is 21.7 Å². The summed E-state index contributed by atoms with van der Waals surface area (Å²) in [6, 6.07) is 0. The largest absolute Gasteiger partial charge is 3.00 e. The summed E-state index contributed by atoms with van der Waals surface area (Å²) < 4.78 is 0. The first-order chi connectivity index (χ1) is 12.6. The molecule has 6 atom stereocenters. The zero-order valence-electron chi connectivity index (χ0n) is 20.9. The summed E-state index contributed by atoms with van der Waals surface area (Å²) in [5.41, 5.74) is 1.10. The molecule has 3 saturated carbocycles. The van der Waals surface area contributed by atoms with Crippen molar-refractivity contribution >= 4 is 8.24 Å². The van der Waals surface area contributed by atoms with Gasteiger partial charge in [-0.2, -0.15) is 12.8 Å². The summed E-state index contributed by atoms with van der Waals surface area (Å²) in [6.07, 6.45) is 15.5. The van der Waals surface area contributed by atoms with Crippen molar-refractivity contribution in [1.82, 2.24) is 0 Å². The van der Waals surface area contributed by atoms with E-state index in [1.54, 1.807) is 19.3 Å². The molecule has 3 aliphatic carbocycles. The molecule has 1 radical (unpaired) electrons. The minimum absolute atomic E-state index is 0. The van der Waals surface area contributed by atoms with Gasteiger partial charge >= 0.3 is 21.7 Å². The second-order valence-corrected chi connectivity index (χ2v) is 15.4. The van der Waals surface area contributed by atoms with Crippen LogP contribution in [0.5, 0.6) is 0 Å². The third kappa shape index (κ3) is 8.24. The van der Waals surface area contributed by atoms with Crippen molar-refractivity contribution in [2.45, 2.75) is 110 Å². The number of fused-ring (bicyclic) bond motifs is 2. The van der Waals surface area contributed by atoms with E-state index >= 15 is 0 Å². The summed E-state index contributed by atoms with van der Waals surface area (Å²) in [7, 11) is -1.50. The van der Waals surface area contributed by atoms with Gasteiger partial charge in [-0.15, -0.1) is 18.2 Å². The maximum absolute atomic E-state index is 5.39. The molecule has 3 fully saturated rings. The quantitative estimate of drug-likeness (QED) is 0.171. The van der Waals surface area contributed by atoms with Gasteiger partial charge in [-0.25, -0.2) is 0 Å². The van der Waals surface area contributed by atoms with Gasteiger partial charge in [0.1, 0.15) is 0 Å². The van der Waals surface area contributed by atoms with E-state index in [0.717, 1.165) is 48.0 Å². The Morgan fingerprint density at radius 2 is 1.66 bits per heavy atom. The van der Waals surface area contributed by atoms with Crippen molar-refractivity contribution < 1.29 is 21.7 Å². The number of unbranched alkanes of at least 4 members (excludes halogenated alkanes) is 2. The normalized spacial score (nSPS) is 33.3. The van der Waals surface area contributed by atoms with E-state index in [0.29, 0.717) is 0 Å². The molecule has 0 aromatic carbocycles. The summed E-state index contributed by atoms with van der Waals surface area (Å²) in [6.45, 7) is 20.3. The standard InChI is InChI=1S/C19H36NSi.C6H11.CH3.Ti/c1-13-10-16-11-14-8-7-9-15(14)12-17(16)18(13)21(5,6)20-19(2,3)4;1-3-5-6-4-2;;/h13-18H,7-12H2,1-6H3;3,6H,1,4-5H2,2H3;1H3;/q3*-1;+3/t13-,14?,15?,16?,17?,18?;;;/m1.../s1. The van der Waals surface area contributed by atoms with Crippen molar-refractivity contribution in [3.05, 3.63) is 31.5 Å². The van der Waals surface area contributed by atoms with E-state index in [4.69, 9.17) is 4.98 Å². The molecule has 0 bridgehead atoms. The van der Waals surface area contributed by atoms with Gasteiger partial charge in [0.15, 0.2) is 0 Å². The van der Waals surface area contributed by atoms with Crippen LogP contribution in [-0.4, -0.2) is 13.8 Å². The Bertz CT molecular complexity index is 470. The van der Waals surface area contributed by atoms with Crippen LogP contribution in [0.25, 0.3) is 4.98 Å². The average Bonchev–Trinajstić information content (AvgIpc) is 3.11. The van der Waals surface area contributed by atoms with Gasteiger partial charge in [-0.05, 0) is 48.9 Å². The second-order valence-electron chi connectivity index (χ2n) is 11.2. The number of nitrogens with zero attached hydrogens (tertiary/aromatic N) is 1. The molecule has 167 valence electrons. The van der Waals surface area contributed by atoms with Gasteiger partial charge in [-0.3, -0.25) is 0 Å². The van der Waals surface area contributed by atoms with E-state index in [2.05, 4.69) is 60.7 Å². The third-order valence-electron chi connectivity index (χ3n) is 7.41. The Morgan fingerprint density at radius 3 is 2.14 bits per heavy atom. The fraction of sp³-hybridized carbons (Fsp3) is 0.846. The molecule has 0 aromatic rings. The first-order valence-corrected chi connectivity index (χ1v) is 14.8. The molecule has 0 N–H and O–H groups in total. The Morgan fingerprint density at radius 1 is 1.07 bits per heavy atom. The van der Waals surface area contributed by atoms with E-state index in [-0.39, 0.29) is 34.7 Å². The van der Waals surface area contributed by atoms with Crippen LogP contribution in [0.1, 0.15) is 86.0 Å². The molecular formula is C26H50NSiTi. The van der Waals surface area contributed by atoms with Crippen molar-refractivity contribution in [1.29, 1.82) is 0 Å². The number of hydrogen-bond donors (Lipinski definition) is 0. The van der Waals surface area contributed by atoms with Gasteiger partial charge in [0.05, 0.1) is 0 Å². The smallest absolute Gasteiger partial charge is 0.660 e. The molecule has 29 heavy (non-hydrogen) atoms. The van der Waals surface area contributed by atoms with Crippen molar-refractivity contribution in [2.75, 3.05) is 0 Å². The summed E-state index contributed by atoms with van der Waals surface area (Å²) in [5, 5.41) is 0. The van der Waals surface area contributed by atoms with Crippen LogP contribution in [0.3, 0.4) is 0 Å².